The summed E-state index contributed by atoms with van der Waals surface area (Å²) < 4.78 is 27.1. The lowest BCUT2D eigenvalue weighted by atomic mass is 9.86. The SMILES string of the molecule is CC(C)CC(C)CC(C)CC(C)COCCOCCOCCOCCOCCO. The van der Waals surface area contributed by atoms with Crippen LogP contribution >= 0.6 is 0 Å². The summed E-state index contributed by atoms with van der Waals surface area (Å²) in [6, 6.07) is 0. The number of aliphatic hydroxyl groups is 1. The minimum atomic E-state index is 0.0459. The predicted molar refractivity (Wildman–Crippen MR) is 117 cm³/mol. The summed E-state index contributed by atoms with van der Waals surface area (Å²) in [6.45, 7) is 17.3. The summed E-state index contributed by atoms with van der Waals surface area (Å²) in [5.74, 6) is 2.95. The van der Waals surface area contributed by atoms with Crippen molar-refractivity contribution in [3.8, 4) is 0 Å². The highest BCUT2D eigenvalue weighted by molar-refractivity contribution is 4.64. The molecule has 0 bridgehead atoms. The van der Waals surface area contributed by atoms with Crippen LogP contribution in [-0.4, -0.2) is 77.8 Å². The van der Waals surface area contributed by atoms with E-state index in [1.807, 2.05) is 0 Å². The highest BCUT2D eigenvalue weighted by Gasteiger charge is 2.13. The smallest absolute Gasteiger partial charge is 0.0701 e. The maximum atomic E-state index is 8.56. The third-order valence-electron chi connectivity index (χ3n) is 4.61. The van der Waals surface area contributed by atoms with Crippen LogP contribution < -0.4 is 0 Å². The molecule has 0 saturated carbocycles. The summed E-state index contributed by atoms with van der Waals surface area (Å²) in [4.78, 5) is 0. The standard InChI is InChI=1S/C23H48O6/c1-20(2)16-21(3)17-22(4)18-23(5)19-29-15-14-28-13-12-27-11-10-26-9-8-25-7-6-24/h20-24H,6-19H2,1-5H3. The van der Waals surface area contributed by atoms with E-state index in [4.69, 9.17) is 28.8 Å². The molecule has 0 amide bonds. The van der Waals surface area contributed by atoms with Crippen LogP contribution in [0, 0.1) is 23.7 Å². The average molecular weight is 421 g/mol. The predicted octanol–water partition coefficient (Wildman–Crippen LogP) is 3.80. The molecule has 0 aromatic rings. The van der Waals surface area contributed by atoms with Crippen LogP contribution in [0.5, 0.6) is 0 Å². The first-order valence-corrected chi connectivity index (χ1v) is 11.4. The Labute approximate surface area is 179 Å². The quantitative estimate of drug-likeness (QED) is 0.269. The van der Waals surface area contributed by atoms with E-state index in [1.54, 1.807) is 0 Å². The van der Waals surface area contributed by atoms with Gasteiger partial charge in [-0.15, -0.1) is 0 Å². The molecule has 0 aliphatic rings. The second kappa shape index (κ2) is 21.0. The Bertz CT molecular complexity index is 326. The molecule has 0 aromatic heterocycles. The van der Waals surface area contributed by atoms with Gasteiger partial charge in [-0.25, -0.2) is 0 Å². The van der Waals surface area contributed by atoms with Crippen molar-refractivity contribution in [2.45, 2.75) is 53.9 Å². The maximum absolute atomic E-state index is 8.56. The van der Waals surface area contributed by atoms with Crippen molar-refractivity contribution in [2.75, 3.05) is 72.7 Å². The highest BCUT2D eigenvalue weighted by Crippen LogP contribution is 2.24. The molecule has 29 heavy (non-hydrogen) atoms. The monoisotopic (exact) mass is 420 g/mol. The number of hydrogen-bond donors (Lipinski definition) is 1. The van der Waals surface area contributed by atoms with Crippen LogP contribution in [0.1, 0.15) is 53.9 Å². The molecule has 6 heteroatoms. The third-order valence-corrected chi connectivity index (χ3v) is 4.61. The Morgan fingerprint density at radius 1 is 0.483 bits per heavy atom. The van der Waals surface area contributed by atoms with Crippen molar-refractivity contribution in [1.29, 1.82) is 0 Å². The molecule has 0 radical (unpaired) electrons. The minimum Gasteiger partial charge on any atom is -0.394 e. The summed E-state index contributed by atoms with van der Waals surface area (Å²) in [7, 11) is 0. The van der Waals surface area contributed by atoms with Crippen LogP contribution in [0.4, 0.5) is 0 Å². The second-order valence-corrected chi connectivity index (χ2v) is 8.66. The molecule has 0 fully saturated rings. The number of aliphatic hydroxyl groups excluding tert-OH is 1. The van der Waals surface area contributed by atoms with Gasteiger partial charge in [-0.3, -0.25) is 0 Å². The van der Waals surface area contributed by atoms with E-state index in [0.717, 1.165) is 24.4 Å². The maximum Gasteiger partial charge on any atom is 0.0701 e. The molecular formula is C23H48O6. The fraction of sp³-hybridized carbons (Fsp3) is 1.00. The summed E-state index contributed by atoms with van der Waals surface area (Å²) in [5.41, 5.74) is 0. The fourth-order valence-corrected chi connectivity index (χ4v) is 3.67. The number of hydrogen-bond acceptors (Lipinski definition) is 6. The molecule has 0 heterocycles. The van der Waals surface area contributed by atoms with Gasteiger partial charge in [-0.05, 0) is 42.9 Å². The van der Waals surface area contributed by atoms with Gasteiger partial charge < -0.3 is 28.8 Å². The van der Waals surface area contributed by atoms with Gasteiger partial charge >= 0.3 is 0 Å². The fourth-order valence-electron chi connectivity index (χ4n) is 3.67. The summed E-state index contributed by atoms with van der Waals surface area (Å²) >= 11 is 0. The molecule has 0 spiro atoms. The molecule has 0 aliphatic heterocycles. The largest absolute Gasteiger partial charge is 0.394 e. The van der Waals surface area contributed by atoms with Gasteiger partial charge in [0.05, 0.1) is 66.1 Å². The zero-order chi connectivity index (χ0) is 21.7. The topological polar surface area (TPSA) is 66.4 Å². The lowest BCUT2D eigenvalue weighted by Gasteiger charge is -2.21. The third kappa shape index (κ3) is 22.3. The molecule has 6 nitrogen and oxygen atoms in total. The molecule has 176 valence electrons. The van der Waals surface area contributed by atoms with E-state index in [0.29, 0.717) is 65.4 Å². The average Bonchev–Trinajstić information content (AvgIpc) is 2.63. The minimum absolute atomic E-state index is 0.0459. The molecule has 0 aromatic carbocycles. The van der Waals surface area contributed by atoms with Crippen LogP contribution in [0.25, 0.3) is 0 Å². The van der Waals surface area contributed by atoms with Crippen molar-refractivity contribution in [2.24, 2.45) is 23.7 Å². The molecule has 0 rings (SSSR count). The van der Waals surface area contributed by atoms with E-state index in [-0.39, 0.29) is 6.61 Å². The first-order valence-electron chi connectivity index (χ1n) is 11.4. The lowest BCUT2D eigenvalue weighted by molar-refractivity contribution is -0.0155. The highest BCUT2D eigenvalue weighted by atomic mass is 16.6. The van der Waals surface area contributed by atoms with Gasteiger partial charge in [0.2, 0.25) is 0 Å². The van der Waals surface area contributed by atoms with Crippen LogP contribution in [0.3, 0.4) is 0 Å². The molecule has 3 atom stereocenters. The first kappa shape index (κ1) is 28.8. The van der Waals surface area contributed by atoms with Crippen LogP contribution in [0.2, 0.25) is 0 Å². The van der Waals surface area contributed by atoms with Gasteiger partial charge in [0.15, 0.2) is 0 Å². The normalized spacial score (nSPS) is 15.0. The van der Waals surface area contributed by atoms with Crippen molar-refractivity contribution in [3.63, 3.8) is 0 Å². The summed E-state index contributed by atoms with van der Waals surface area (Å²) in [5, 5.41) is 8.56. The Morgan fingerprint density at radius 3 is 1.31 bits per heavy atom. The van der Waals surface area contributed by atoms with Gasteiger partial charge in [0.25, 0.3) is 0 Å². The van der Waals surface area contributed by atoms with E-state index >= 15 is 0 Å². The first-order chi connectivity index (χ1) is 14.0. The van der Waals surface area contributed by atoms with Crippen molar-refractivity contribution >= 4 is 0 Å². The Kier molecular flexibility index (Phi) is 20.8. The van der Waals surface area contributed by atoms with Crippen molar-refractivity contribution < 1.29 is 28.8 Å². The number of rotatable bonds is 22. The number of ether oxygens (including phenoxy) is 5. The van der Waals surface area contributed by atoms with E-state index in [2.05, 4.69) is 34.6 Å². The molecule has 1 N–H and O–H groups in total. The van der Waals surface area contributed by atoms with Crippen LogP contribution in [-0.2, 0) is 23.7 Å². The van der Waals surface area contributed by atoms with E-state index in [9.17, 15) is 0 Å². The molecular weight excluding hydrogens is 372 g/mol. The van der Waals surface area contributed by atoms with Gasteiger partial charge in [-0.1, -0.05) is 34.6 Å². The zero-order valence-corrected chi connectivity index (χ0v) is 19.7. The molecule has 0 aliphatic carbocycles. The molecule has 3 unspecified atom stereocenters. The van der Waals surface area contributed by atoms with E-state index in [1.165, 1.54) is 19.3 Å². The summed E-state index contributed by atoms with van der Waals surface area (Å²) in [6.07, 6.45) is 3.87. The van der Waals surface area contributed by atoms with Gasteiger partial charge in [0.1, 0.15) is 0 Å². The van der Waals surface area contributed by atoms with Crippen molar-refractivity contribution in [3.05, 3.63) is 0 Å². The Balaban J connectivity index is 3.33. The molecule has 0 saturated heterocycles. The zero-order valence-electron chi connectivity index (χ0n) is 19.7. The van der Waals surface area contributed by atoms with Gasteiger partial charge in [0, 0.05) is 6.61 Å². The second-order valence-electron chi connectivity index (χ2n) is 8.66. The van der Waals surface area contributed by atoms with Crippen LogP contribution in [0.15, 0.2) is 0 Å². The lowest BCUT2D eigenvalue weighted by Crippen LogP contribution is -2.16. The Morgan fingerprint density at radius 2 is 0.862 bits per heavy atom. The van der Waals surface area contributed by atoms with Crippen molar-refractivity contribution in [1.82, 2.24) is 0 Å². The van der Waals surface area contributed by atoms with Gasteiger partial charge in [-0.2, -0.15) is 0 Å². The Hall–Kier alpha value is -0.240. The van der Waals surface area contributed by atoms with E-state index < -0.39 is 0 Å².